The average molecular weight is 531 g/mol. The van der Waals surface area contributed by atoms with Gasteiger partial charge in [0.05, 0.1) is 0 Å². The van der Waals surface area contributed by atoms with Crippen LogP contribution in [-0.4, -0.2) is 42.1 Å². The minimum absolute atomic E-state index is 0.177. The summed E-state index contributed by atoms with van der Waals surface area (Å²) in [4.78, 5) is 17.5. The molecular weight excluding hydrogens is 504 g/mol. The number of thiocarbonyl (C=S) groups is 1. The molecule has 2 heterocycles. The Kier molecular flexibility index (Phi) is 7.84. The predicted octanol–water partition coefficient (Wildman–Crippen LogP) is 6.05. The minimum atomic E-state index is -0.414. The van der Waals surface area contributed by atoms with Crippen molar-refractivity contribution in [2.24, 2.45) is 0 Å². The number of piperazine rings is 1. The topological polar surface area (TPSA) is 60.8 Å². The first-order valence-corrected chi connectivity index (χ1v) is 12.9. The molecule has 1 aromatic heterocycles. The number of amides is 1. The van der Waals surface area contributed by atoms with Crippen LogP contribution in [0.5, 0.6) is 0 Å². The quantitative estimate of drug-likeness (QED) is 0.296. The highest BCUT2D eigenvalue weighted by Gasteiger charge is 2.18. The number of hydrogen-bond donors (Lipinski definition) is 2. The average Bonchev–Trinajstić information content (AvgIpc) is 3.41. The number of furan rings is 1. The van der Waals surface area contributed by atoms with Crippen LogP contribution in [0.2, 0.25) is 5.02 Å². The second-order valence-electron chi connectivity index (χ2n) is 8.87. The van der Waals surface area contributed by atoms with Crippen LogP contribution in [0.1, 0.15) is 16.1 Å². The predicted molar refractivity (Wildman–Crippen MR) is 153 cm³/mol. The summed E-state index contributed by atoms with van der Waals surface area (Å²) < 4.78 is 5.69. The number of benzene rings is 3. The van der Waals surface area contributed by atoms with Crippen molar-refractivity contribution in [3.8, 4) is 11.3 Å². The van der Waals surface area contributed by atoms with Gasteiger partial charge in [0.25, 0.3) is 5.91 Å². The molecule has 0 bridgehead atoms. The van der Waals surface area contributed by atoms with E-state index < -0.39 is 5.91 Å². The summed E-state index contributed by atoms with van der Waals surface area (Å²) in [6.07, 6.45) is 0. The van der Waals surface area contributed by atoms with Crippen molar-refractivity contribution in [1.82, 2.24) is 10.2 Å². The first-order valence-electron chi connectivity index (χ1n) is 12.1. The molecular formula is C29H27ClN4O2S. The van der Waals surface area contributed by atoms with Gasteiger partial charge in [-0.15, -0.1) is 0 Å². The molecule has 5 rings (SSSR count). The van der Waals surface area contributed by atoms with Crippen molar-refractivity contribution >= 4 is 46.2 Å². The van der Waals surface area contributed by atoms with E-state index in [1.54, 1.807) is 24.3 Å². The summed E-state index contributed by atoms with van der Waals surface area (Å²) in [7, 11) is 0. The first kappa shape index (κ1) is 25.0. The molecule has 0 atom stereocenters. The molecule has 37 heavy (non-hydrogen) atoms. The zero-order chi connectivity index (χ0) is 25.6. The highest BCUT2D eigenvalue weighted by Crippen LogP contribution is 2.24. The lowest BCUT2D eigenvalue weighted by Gasteiger charge is -2.36. The molecule has 0 spiro atoms. The molecule has 6 nitrogen and oxygen atoms in total. The van der Waals surface area contributed by atoms with Crippen LogP contribution < -0.4 is 15.5 Å². The van der Waals surface area contributed by atoms with E-state index in [4.69, 9.17) is 28.2 Å². The third kappa shape index (κ3) is 6.57. The van der Waals surface area contributed by atoms with Crippen LogP contribution in [0.15, 0.2) is 95.4 Å². The second-order valence-corrected chi connectivity index (χ2v) is 9.72. The lowest BCUT2D eigenvalue weighted by atomic mass is 10.2. The molecule has 1 aliphatic heterocycles. The zero-order valence-corrected chi connectivity index (χ0v) is 21.8. The van der Waals surface area contributed by atoms with Crippen LogP contribution in [0.3, 0.4) is 0 Å². The van der Waals surface area contributed by atoms with Crippen LogP contribution in [0.25, 0.3) is 11.3 Å². The number of nitrogens with zero attached hydrogens (tertiary/aromatic N) is 2. The highest BCUT2D eigenvalue weighted by atomic mass is 35.5. The van der Waals surface area contributed by atoms with E-state index in [0.717, 1.165) is 44.0 Å². The zero-order valence-electron chi connectivity index (χ0n) is 20.2. The van der Waals surface area contributed by atoms with Crippen LogP contribution in [-0.2, 0) is 6.54 Å². The van der Waals surface area contributed by atoms with Gasteiger partial charge in [-0.1, -0.05) is 41.9 Å². The Labute approximate surface area is 226 Å². The van der Waals surface area contributed by atoms with Gasteiger partial charge in [0.2, 0.25) is 0 Å². The second kappa shape index (κ2) is 11.6. The van der Waals surface area contributed by atoms with E-state index in [2.05, 4.69) is 62.9 Å². The number of rotatable bonds is 6. The molecule has 0 aliphatic carbocycles. The van der Waals surface area contributed by atoms with Gasteiger partial charge in [0, 0.05) is 54.7 Å². The maximum atomic E-state index is 12.6. The Morgan fingerprint density at radius 1 is 0.865 bits per heavy atom. The van der Waals surface area contributed by atoms with Gasteiger partial charge in [-0.2, -0.15) is 0 Å². The molecule has 0 radical (unpaired) electrons. The lowest BCUT2D eigenvalue weighted by Crippen LogP contribution is -2.45. The van der Waals surface area contributed by atoms with Gasteiger partial charge in [-0.25, -0.2) is 0 Å². The van der Waals surface area contributed by atoms with Crippen LogP contribution in [0, 0.1) is 0 Å². The molecule has 3 aromatic carbocycles. The van der Waals surface area contributed by atoms with Crippen molar-refractivity contribution in [2.75, 3.05) is 36.4 Å². The van der Waals surface area contributed by atoms with Crippen LogP contribution >= 0.6 is 23.8 Å². The van der Waals surface area contributed by atoms with Crippen molar-refractivity contribution in [2.45, 2.75) is 6.54 Å². The Hall–Kier alpha value is -3.65. The Bertz CT molecular complexity index is 1350. The fourth-order valence-electron chi connectivity index (χ4n) is 4.32. The van der Waals surface area contributed by atoms with E-state index in [1.807, 2.05) is 24.3 Å². The smallest absolute Gasteiger partial charge is 0.293 e. The summed E-state index contributed by atoms with van der Waals surface area (Å²) in [5, 5.41) is 6.58. The van der Waals surface area contributed by atoms with Gasteiger partial charge >= 0.3 is 0 Å². The molecule has 1 aliphatic rings. The summed E-state index contributed by atoms with van der Waals surface area (Å²) in [5.74, 6) is 0.343. The molecule has 0 saturated carbocycles. The van der Waals surface area contributed by atoms with Gasteiger partial charge in [-0.3, -0.25) is 15.0 Å². The number of hydrogen-bond acceptors (Lipinski definition) is 5. The number of carbonyl (C=O) groups is 1. The number of carbonyl (C=O) groups excluding carboxylic acids is 1. The van der Waals surface area contributed by atoms with E-state index in [9.17, 15) is 4.79 Å². The van der Waals surface area contributed by atoms with Gasteiger partial charge < -0.3 is 14.6 Å². The molecule has 2 N–H and O–H groups in total. The first-order chi connectivity index (χ1) is 18.0. The van der Waals surface area contributed by atoms with Crippen LogP contribution in [0.4, 0.5) is 11.4 Å². The molecule has 1 saturated heterocycles. The maximum absolute atomic E-state index is 12.6. The number of anilines is 2. The summed E-state index contributed by atoms with van der Waals surface area (Å²) in [6.45, 7) is 5.00. The summed E-state index contributed by atoms with van der Waals surface area (Å²) in [5.41, 5.74) is 4.16. The molecule has 4 aromatic rings. The molecule has 1 fully saturated rings. The largest absolute Gasteiger partial charge is 0.451 e. The Morgan fingerprint density at radius 3 is 2.27 bits per heavy atom. The fraction of sp³-hybridized carbons (Fsp3) is 0.172. The van der Waals surface area contributed by atoms with Gasteiger partial charge in [-0.05, 0) is 78.4 Å². The number of halogens is 1. The molecule has 0 unspecified atom stereocenters. The third-order valence-electron chi connectivity index (χ3n) is 6.30. The van der Waals surface area contributed by atoms with Crippen molar-refractivity contribution in [3.63, 3.8) is 0 Å². The standard InChI is InChI=1S/C29H27ClN4O2S/c30-23-8-6-22(7-9-23)26-14-15-27(36-26)28(35)32-29(37)31-24-10-12-25(13-11-24)34-18-16-33(17-19-34)20-21-4-2-1-3-5-21/h1-15H,16-20H2,(H2,31,32,35,37). The lowest BCUT2D eigenvalue weighted by molar-refractivity contribution is 0.0951. The minimum Gasteiger partial charge on any atom is -0.451 e. The summed E-state index contributed by atoms with van der Waals surface area (Å²) in [6, 6.07) is 29.3. The van der Waals surface area contributed by atoms with Crippen molar-refractivity contribution in [3.05, 3.63) is 107 Å². The van der Waals surface area contributed by atoms with E-state index >= 15 is 0 Å². The fourth-order valence-corrected chi connectivity index (χ4v) is 4.65. The van der Waals surface area contributed by atoms with E-state index in [-0.39, 0.29) is 10.9 Å². The third-order valence-corrected chi connectivity index (χ3v) is 6.75. The molecule has 1 amide bonds. The maximum Gasteiger partial charge on any atom is 0.293 e. The van der Waals surface area contributed by atoms with E-state index in [0.29, 0.717) is 10.8 Å². The monoisotopic (exact) mass is 530 g/mol. The van der Waals surface area contributed by atoms with Crippen molar-refractivity contribution in [1.29, 1.82) is 0 Å². The molecule has 8 heteroatoms. The van der Waals surface area contributed by atoms with E-state index in [1.165, 1.54) is 11.3 Å². The highest BCUT2D eigenvalue weighted by molar-refractivity contribution is 7.80. The van der Waals surface area contributed by atoms with Gasteiger partial charge in [0.15, 0.2) is 10.9 Å². The SMILES string of the molecule is O=C(NC(=S)Nc1ccc(N2CCN(Cc3ccccc3)CC2)cc1)c1ccc(-c2ccc(Cl)cc2)o1. The van der Waals surface area contributed by atoms with Gasteiger partial charge in [0.1, 0.15) is 5.76 Å². The number of nitrogens with one attached hydrogen (secondary N) is 2. The summed E-state index contributed by atoms with van der Waals surface area (Å²) >= 11 is 11.3. The van der Waals surface area contributed by atoms with Crippen molar-refractivity contribution < 1.29 is 9.21 Å². The Balaban J connectivity index is 1.10. The normalized spacial score (nSPS) is 13.8. The Morgan fingerprint density at radius 2 is 1.57 bits per heavy atom. The molecule has 188 valence electrons.